The molecule has 0 amide bonds. The fourth-order valence-corrected chi connectivity index (χ4v) is 4.51. The lowest BCUT2D eigenvalue weighted by atomic mass is 10.0. The average molecular weight is 491 g/mol. The quantitative estimate of drug-likeness (QED) is 0.317. The van der Waals surface area contributed by atoms with Crippen LogP contribution < -0.4 is 9.47 Å². The van der Waals surface area contributed by atoms with E-state index in [2.05, 4.69) is 9.88 Å². The molecular formula is C30H35FN2O3. The zero-order valence-corrected chi connectivity index (χ0v) is 21.0. The van der Waals surface area contributed by atoms with Crippen LogP contribution in [0.25, 0.3) is 11.1 Å². The third-order valence-electron chi connectivity index (χ3n) is 6.45. The van der Waals surface area contributed by atoms with Gasteiger partial charge in [-0.25, -0.2) is 4.39 Å². The van der Waals surface area contributed by atoms with Crippen molar-refractivity contribution in [3.8, 4) is 22.6 Å². The topological polar surface area (TPSA) is 51.7 Å². The van der Waals surface area contributed by atoms with Crippen LogP contribution in [0.5, 0.6) is 11.5 Å². The van der Waals surface area contributed by atoms with Crippen LogP contribution in [0.1, 0.15) is 43.9 Å². The van der Waals surface area contributed by atoms with E-state index < -0.39 is 0 Å². The van der Waals surface area contributed by atoms with Gasteiger partial charge in [0.05, 0.1) is 6.61 Å². The molecule has 36 heavy (non-hydrogen) atoms. The number of carbonyl (C=O) groups excluding carboxylic acids is 1. The Morgan fingerprint density at radius 3 is 2.44 bits per heavy atom. The number of hydrogen-bond donors (Lipinski definition) is 0. The van der Waals surface area contributed by atoms with Gasteiger partial charge in [-0.15, -0.1) is 0 Å². The summed E-state index contributed by atoms with van der Waals surface area (Å²) in [6, 6.07) is 16.5. The highest BCUT2D eigenvalue weighted by Gasteiger charge is 2.11. The van der Waals surface area contributed by atoms with Gasteiger partial charge in [0.25, 0.3) is 0 Å². The van der Waals surface area contributed by atoms with Crippen molar-refractivity contribution in [2.24, 2.45) is 0 Å². The lowest BCUT2D eigenvalue weighted by Crippen LogP contribution is -2.33. The molecular weight excluding hydrogens is 455 g/mol. The molecule has 0 spiro atoms. The van der Waals surface area contributed by atoms with Gasteiger partial charge in [-0.2, -0.15) is 0 Å². The van der Waals surface area contributed by atoms with Crippen LogP contribution in [0.15, 0.2) is 60.8 Å². The molecule has 1 aromatic heterocycles. The van der Waals surface area contributed by atoms with Crippen molar-refractivity contribution < 1.29 is 18.7 Å². The zero-order chi connectivity index (χ0) is 25.2. The summed E-state index contributed by atoms with van der Waals surface area (Å²) < 4.78 is 25.4. The SMILES string of the molecule is CCOc1ccc(-c2ccc(CC(=O)CCc3cc(F)cc(OCCN4CCCCC4)c3)nc2)cc1. The van der Waals surface area contributed by atoms with E-state index in [0.29, 0.717) is 31.8 Å². The molecule has 3 aromatic rings. The summed E-state index contributed by atoms with van der Waals surface area (Å²) in [6.45, 7) is 6.21. The molecule has 5 nitrogen and oxygen atoms in total. The number of ether oxygens (including phenoxy) is 2. The van der Waals surface area contributed by atoms with Crippen molar-refractivity contribution in [2.75, 3.05) is 32.8 Å². The Bertz CT molecular complexity index is 1110. The second-order valence-corrected chi connectivity index (χ2v) is 9.26. The number of aromatic nitrogens is 1. The van der Waals surface area contributed by atoms with Crippen LogP contribution in [0.4, 0.5) is 4.39 Å². The minimum atomic E-state index is -0.334. The van der Waals surface area contributed by atoms with Gasteiger partial charge in [0.15, 0.2) is 0 Å². The highest BCUT2D eigenvalue weighted by atomic mass is 19.1. The Labute approximate surface area is 213 Å². The van der Waals surface area contributed by atoms with E-state index in [1.54, 1.807) is 6.20 Å². The molecule has 0 N–H and O–H groups in total. The number of pyridine rings is 1. The monoisotopic (exact) mass is 490 g/mol. The zero-order valence-electron chi connectivity index (χ0n) is 21.0. The fraction of sp³-hybridized carbons (Fsp3) is 0.400. The number of piperidine rings is 1. The highest BCUT2D eigenvalue weighted by Crippen LogP contribution is 2.22. The van der Waals surface area contributed by atoms with E-state index in [0.717, 1.165) is 47.8 Å². The van der Waals surface area contributed by atoms with E-state index in [1.807, 2.05) is 49.4 Å². The number of halogens is 1. The standard InChI is InChI=1S/C30H35FN2O3/c1-2-35-29-12-8-24(9-13-29)25-7-10-27(32-22-25)21-28(34)11-6-23-18-26(31)20-30(19-23)36-17-16-33-14-4-3-5-15-33/h7-10,12-13,18-20,22H,2-6,11,14-17,21H2,1H3. The number of carbonyl (C=O) groups is 1. The molecule has 1 aliphatic heterocycles. The molecule has 0 atom stereocenters. The van der Waals surface area contributed by atoms with E-state index in [9.17, 15) is 9.18 Å². The van der Waals surface area contributed by atoms with Crippen LogP contribution in [0.3, 0.4) is 0 Å². The van der Waals surface area contributed by atoms with Crippen LogP contribution in [0, 0.1) is 5.82 Å². The number of Topliss-reactive ketones (excluding diaryl/α,β-unsaturated/α-hetero) is 1. The molecule has 1 fully saturated rings. The first kappa shape index (κ1) is 25.8. The Morgan fingerprint density at radius 2 is 1.72 bits per heavy atom. The molecule has 0 bridgehead atoms. The third-order valence-corrected chi connectivity index (χ3v) is 6.45. The van der Waals surface area contributed by atoms with E-state index in [1.165, 1.54) is 31.4 Å². The van der Waals surface area contributed by atoms with E-state index in [-0.39, 0.29) is 18.0 Å². The maximum atomic E-state index is 14.1. The number of hydrogen-bond acceptors (Lipinski definition) is 5. The largest absolute Gasteiger partial charge is 0.494 e. The third kappa shape index (κ3) is 7.89. The van der Waals surface area contributed by atoms with Crippen molar-refractivity contribution in [2.45, 2.75) is 45.4 Å². The first-order valence-electron chi connectivity index (χ1n) is 12.9. The summed E-state index contributed by atoms with van der Waals surface area (Å²) in [5, 5.41) is 0. The van der Waals surface area contributed by atoms with Crippen molar-refractivity contribution in [1.82, 2.24) is 9.88 Å². The Balaban J connectivity index is 1.25. The second-order valence-electron chi connectivity index (χ2n) is 9.26. The van der Waals surface area contributed by atoms with Crippen LogP contribution in [-0.4, -0.2) is 48.5 Å². The number of likely N-dealkylation sites (tertiary alicyclic amines) is 1. The van der Waals surface area contributed by atoms with Crippen LogP contribution in [-0.2, 0) is 17.6 Å². The molecule has 0 saturated carbocycles. The van der Waals surface area contributed by atoms with Crippen LogP contribution >= 0.6 is 0 Å². The number of rotatable bonds is 12. The Morgan fingerprint density at radius 1 is 0.944 bits per heavy atom. The van der Waals surface area contributed by atoms with Gasteiger partial charge in [0, 0.05) is 42.9 Å². The number of aryl methyl sites for hydroxylation is 1. The van der Waals surface area contributed by atoms with Gasteiger partial charge < -0.3 is 9.47 Å². The predicted octanol–water partition coefficient (Wildman–Crippen LogP) is 5.90. The van der Waals surface area contributed by atoms with Gasteiger partial charge in [-0.3, -0.25) is 14.7 Å². The number of benzene rings is 2. The molecule has 6 heteroatoms. The van der Waals surface area contributed by atoms with Crippen molar-refractivity contribution >= 4 is 5.78 Å². The lowest BCUT2D eigenvalue weighted by molar-refractivity contribution is -0.118. The molecule has 0 radical (unpaired) electrons. The van der Waals surface area contributed by atoms with Gasteiger partial charge >= 0.3 is 0 Å². The Kier molecular flexibility index (Phi) is 9.45. The van der Waals surface area contributed by atoms with Crippen molar-refractivity contribution in [1.29, 1.82) is 0 Å². The molecule has 2 aromatic carbocycles. The second kappa shape index (κ2) is 13.2. The lowest BCUT2D eigenvalue weighted by Gasteiger charge is -2.26. The van der Waals surface area contributed by atoms with Gasteiger partial charge in [-0.1, -0.05) is 24.6 Å². The summed E-state index contributed by atoms with van der Waals surface area (Å²) in [5.74, 6) is 1.11. The number of ketones is 1. The summed E-state index contributed by atoms with van der Waals surface area (Å²) in [4.78, 5) is 19.4. The number of nitrogens with zero attached hydrogens (tertiary/aromatic N) is 2. The van der Waals surface area contributed by atoms with Gasteiger partial charge in [-0.05, 0) is 80.7 Å². The van der Waals surface area contributed by atoms with E-state index in [4.69, 9.17) is 9.47 Å². The van der Waals surface area contributed by atoms with Crippen molar-refractivity contribution in [3.63, 3.8) is 0 Å². The normalized spacial score (nSPS) is 13.9. The predicted molar refractivity (Wildman–Crippen MR) is 140 cm³/mol. The van der Waals surface area contributed by atoms with E-state index >= 15 is 0 Å². The maximum absolute atomic E-state index is 14.1. The first-order chi connectivity index (χ1) is 17.6. The summed E-state index contributed by atoms with van der Waals surface area (Å²) in [6.07, 6.45) is 6.63. The van der Waals surface area contributed by atoms with Crippen molar-refractivity contribution in [3.05, 3.63) is 77.9 Å². The molecule has 1 saturated heterocycles. The van der Waals surface area contributed by atoms with Gasteiger partial charge in [0.2, 0.25) is 0 Å². The first-order valence-corrected chi connectivity index (χ1v) is 12.9. The minimum Gasteiger partial charge on any atom is -0.494 e. The smallest absolute Gasteiger partial charge is 0.139 e. The van der Waals surface area contributed by atoms with Crippen LogP contribution in [0.2, 0.25) is 0 Å². The molecule has 4 rings (SSSR count). The van der Waals surface area contributed by atoms with Gasteiger partial charge in [0.1, 0.15) is 29.7 Å². The highest BCUT2D eigenvalue weighted by molar-refractivity contribution is 5.80. The fourth-order valence-electron chi connectivity index (χ4n) is 4.51. The molecule has 1 aliphatic rings. The summed E-state index contributed by atoms with van der Waals surface area (Å²) >= 11 is 0. The molecule has 190 valence electrons. The molecule has 0 unspecified atom stereocenters. The maximum Gasteiger partial charge on any atom is 0.139 e. The Hall–Kier alpha value is -3.25. The molecule has 2 heterocycles. The average Bonchev–Trinajstić information content (AvgIpc) is 2.89. The molecule has 0 aliphatic carbocycles. The summed E-state index contributed by atoms with van der Waals surface area (Å²) in [5.41, 5.74) is 3.54. The minimum absolute atomic E-state index is 0.0770. The summed E-state index contributed by atoms with van der Waals surface area (Å²) in [7, 11) is 0.